The van der Waals surface area contributed by atoms with Crippen LogP contribution in [0.3, 0.4) is 0 Å². The van der Waals surface area contributed by atoms with Crippen LogP contribution in [0.15, 0.2) is 63.9 Å². The number of nitrogens with one attached hydrogen (secondary N) is 1. The van der Waals surface area contributed by atoms with Crippen molar-refractivity contribution in [1.29, 1.82) is 0 Å². The van der Waals surface area contributed by atoms with Crippen LogP contribution < -0.4 is 5.32 Å². The summed E-state index contributed by atoms with van der Waals surface area (Å²) < 4.78 is 5.67. The zero-order valence-electron chi connectivity index (χ0n) is 17.0. The first kappa shape index (κ1) is 23.6. The van der Waals surface area contributed by atoms with Gasteiger partial charge in [0.15, 0.2) is 0 Å². The van der Waals surface area contributed by atoms with E-state index in [0.29, 0.717) is 28.0 Å². The van der Waals surface area contributed by atoms with E-state index in [4.69, 9.17) is 27.6 Å². The lowest BCUT2D eigenvalue weighted by molar-refractivity contribution is -0.384. The van der Waals surface area contributed by atoms with Crippen molar-refractivity contribution < 1.29 is 23.7 Å². The molecule has 1 saturated heterocycles. The first-order valence-corrected chi connectivity index (χ1v) is 11.1. The van der Waals surface area contributed by atoms with Crippen molar-refractivity contribution in [3.8, 4) is 11.3 Å². The highest BCUT2D eigenvalue weighted by atomic mass is 35.5. The van der Waals surface area contributed by atoms with Crippen molar-refractivity contribution >= 4 is 69.5 Å². The summed E-state index contributed by atoms with van der Waals surface area (Å²) in [5.74, 6) is -0.769. The minimum Gasteiger partial charge on any atom is -0.457 e. The van der Waals surface area contributed by atoms with Gasteiger partial charge in [-0.15, -0.1) is 0 Å². The number of thioether (sulfide) groups is 1. The molecule has 1 N–H and O–H groups in total. The molecule has 12 heteroatoms. The van der Waals surface area contributed by atoms with Crippen LogP contribution in [-0.4, -0.2) is 33.4 Å². The van der Waals surface area contributed by atoms with Gasteiger partial charge in [-0.25, -0.2) is 0 Å². The summed E-state index contributed by atoms with van der Waals surface area (Å²) in [7, 11) is 0. The van der Waals surface area contributed by atoms with Crippen LogP contribution in [0.25, 0.3) is 17.4 Å². The Morgan fingerprint density at radius 2 is 1.88 bits per heavy atom. The minimum atomic E-state index is -0.657. The quantitative estimate of drug-likeness (QED) is 0.247. The number of carbonyl (C=O) groups is 3. The topological polar surface area (TPSA) is 123 Å². The summed E-state index contributed by atoms with van der Waals surface area (Å²) in [4.78, 5) is 48.7. The van der Waals surface area contributed by atoms with E-state index >= 15 is 0 Å². The average molecular weight is 518 g/mol. The Kier molecular flexibility index (Phi) is 6.73. The molecule has 0 unspecified atom stereocenters. The minimum absolute atomic E-state index is 0.0570. The largest absolute Gasteiger partial charge is 0.457 e. The number of hydrogen-bond donors (Lipinski definition) is 1. The zero-order valence-corrected chi connectivity index (χ0v) is 19.3. The summed E-state index contributed by atoms with van der Waals surface area (Å²) >= 11 is 12.8. The van der Waals surface area contributed by atoms with Crippen molar-refractivity contribution in [2.75, 3.05) is 11.9 Å². The van der Waals surface area contributed by atoms with Crippen molar-refractivity contribution in [1.82, 2.24) is 4.90 Å². The van der Waals surface area contributed by atoms with Gasteiger partial charge in [0.2, 0.25) is 5.91 Å². The number of benzene rings is 2. The number of imide groups is 1. The molecular formula is C22H13Cl2N3O6S. The summed E-state index contributed by atoms with van der Waals surface area (Å²) in [5, 5.41) is 13.5. The summed E-state index contributed by atoms with van der Waals surface area (Å²) in [5.41, 5.74) is 0.507. The third kappa shape index (κ3) is 4.98. The standard InChI is InChI=1S/C22H13Cl2N3O6S/c23-15-7-5-12(27(31)32)9-14(15)18-8-6-13(33-18)10-19-21(29)26(22(30)34-19)11-20(28)25-17-4-2-1-3-16(17)24/h1-10H,11H2,(H,25,28)/b19-10+. The molecule has 1 fully saturated rings. The molecule has 1 aliphatic rings. The van der Waals surface area contributed by atoms with Gasteiger partial charge in [-0.2, -0.15) is 0 Å². The molecule has 172 valence electrons. The zero-order chi connectivity index (χ0) is 24.4. The Labute approximate surface area is 206 Å². The SMILES string of the molecule is O=C(CN1C(=O)S/C(=C/c2ccc(-c3cc([N+](=O)[O-])ccc3Cl)o2)C1=O)Nc1ccccc1Cl. The number of nitro benzene ring substituents is 1. The molecule has 0 atom stereocenters. The number of non-ortho nitro benzene ring substituents is 1. The molecule has 2 aromatic carbocycles. The lowest BCUT2D eigenvalue weighted by Crippen LogP contribution is -2.36. The summed E-state index contributed by atoms with van der Waals surface area (Å²) in [6, 6.07) is 13.6. The van der Waals surface area contributed by atoms with Crippen molar-refractivity contribution in [3.05, 3.63) is 85.4 Å². The second-order valence-electron chi connectivity index (χ2n) is 6.92. The molecule has 3 aromatic rings. The Morgan fingerprint density at radius 3 is 2.62 bits per heavy atom. The van der Waals surface area contributed by atoms with Crippen molar-refractivity contribution in [2.45, 2.75) is 0 Å². The van der Waals surface area contributed by atoms with Gasteiger partial charge >= 0.3 is 0 Å². The normalized spacial score (nSPS) is 14.6. The molecule has 0 aliphatic carbocycles. The number of furan rings is 1. The second kappa shape index (κ2) is 9.72. The van der Waals surface area contributed by atoms with E-state index in [2.05, 4.69) is 5.32 Å². The Bertz CT molecular complexity index is 1370. The van der Waals surface area contributed by atoms with Crippen molar-refractivity contribution in [2.24, 2.45) is 0 Å². The van der Waals surface area contributed by atoms with E-state index in [9.17, 15) is 24.5 Å². The van der Waals surface area contributed by atoms with Crippen LogP contribution in [0.4, 0.5) is 16.2 Å². The Hall–Kier alpha value is -3.60. The second-order valence-corrected chi connectivity index (χ2v) is 8.73. The molecule has 1 aromatic heterocycles. The fourth-order valence-corrected chi connectivity index (χ4v) is 4.26. The number of halogens is 2. The number of para-hydroxylation sites is 1. The van der Waals surface area contributed by atoms with Gasteiger partial charge in [-0.05, 0) is 42.1 Å². The van der Waals surface area contributed by atoms with Crippen molar-refractivity contribution in [3.63, 3.8) is 0 Å². The highest BCUT2D eigenvalue weighted by Gasteiger charge is 2.36. The van der Waals surface area contributed by atoms with E-state index in [1.807, 2.05) is 0 Å². The van der Waals surface area contributed by atoms with Crippen LogP contribution in [0.2, 0.25) is 10.0 Å². The number of amides is 3. The highest BCUT2D eigenvalue weighted by Crippen LogP contribution is 2.35. The van der Waals surface area contributed by atoms with E-state index in [1.54, 1.807) is 24.3 Å². The molecule has 2 heterocycles. The number of hydrogen-bond acceptors (Lipinski definition) is 7. The summed E-state index contributed by atoms with van der Waals surface area (Å²) in [6.07, 6.45) is 1.35. The Morgan fingerprint density at radius 1 is 1.12 bits per heavy atom. The molecule has 4 rings (SSSR count). The van der Waals surface area contributed by atoms with Crippen LogP contribution in [0.5, 0.6) is 0 Å². The third-order valence-electron chi connectivity index (χ3n) is 4.65. The molecule has 0 saturated carbocycles. The third-order valence-corrected chi connectivity index (χ3v) is 6.22. The molecule has 9 nitrogen and oxygen atoms in total. The molecular weight excluding hydrogens is 505 g/mol. The molecule has 0 bridgehead atoms. The van der Waals surface area contributed by atoms with Gasteiger partial charge in [0, 0.05) is 23.8 Å². The number of rotatable bonds is 6. The molecule has 0 spiro atoms. The number of anilines is 1. The highest BCUT2D eigenvalue weighted by molar-refractivity contribution is 8.18. The van der Waals surface area contributed by atoms with Gasteiger partial charge in [-0.1, -0.05) is 35.3 Å². The molecule has 3 amide bonds. The smallest absolute Gasteiger partial charge is 0.294 e. The molecule has 1 aliphatic heterocycles. The van der Waals surface area contributed by atoms with Gasteiger partial charge in [0.1, 0.15) is 18.1 Å². The van der Waals surface area contributed by atoms with Gasteiger partial charge in [-0.3, -0.25) is 29.4 Å². The average Bonchev–Trinajstić information content (AvgIpc) is 3.36. The number of nitro groups is 1. The number of carbonyl (C=O) groups excluding carboxylic acids is 3. The molecule has 0 radical (unpaired) electrons. The van der Waals surface area contributed by atoms with Crippen LogP contribution in [0, 0.1) is 10.1 Å². The predicted molar refractivity (Wildman–Crippen MR) is 129 cm³/mol. The fraction of sp³-hybridized carbons (Fsp3) is 0.0455. The van der Waals surface area contributed by atoms with E-state index < -0.39 is 28.5 Å². The first-order chi connectivity index (χ1) is 16.2. The van der Waals surface area contributed by atoms with Gasteiger partial charge in [0.05, 0.1) is 25.6 Å². The molecule has 34 heavy (non-hydrogen) atoms. The van der Waals surface area contributed by atoms with E-state index in [1.165, 1.54) is 36.4 Å². The maximum Gasteiger partial charge on any atom is 0.294 e. The van der Waals surface area contributed by atoms with Crippen LogP contribution in [0.1, 0.15) is 5.76 Å². The van der Waals surface area contributed by atoms with Crippen LogP contribution in [-0.2, 0) is 9.59 Å². The summed E-state index contributed by atoms with van der Waals surface area (Å²) in [6.45, 7) is -0.486. The first-order valence-electron chi connectivity index (χ1n) is 9.57. The van der Waals surface area contributed by atoms with Crippen LogP contribution >= 0.6 is 35.0 Å². The lowest BCUT2D eigenvalue weighted by atomic mass is 10.1. The fourth-order valence-electron chi connectivity index (χ4n) is 3.05. The maximum absolute atomic E-state index is 12.7. The maximum atomic E-state index is 12.7. The predicted octanol–water partition coefficient (Wildman–Crippen LogP) is 5.84. The monoisotopic (exact) mass is 517 g/mol. The van der Waals surface area contributed by atoms with E-state index in [0.717, 1.165) is 4.90 Å². The number of nitrogens with zero attached hydrogens (tertiary/aromatic N) is 2. The van der Waals surface area contributed by atoms with Gasteiger partial charge < -0.3 is 9.73 Å². The van der Waals surface area contributed by atoms with E-state index in [-0.39, 0.29) is 27.1 Å². The van der Waals surface area contributed by atoms with Gasteiger partial charge in [0.25, 0.3) is 16.8 Å². The Balaban J connectivity index is 1.49. The lowest BCUT2D eigenvalue weighted by Gasteiger charge is -2.13.